The molecule has 1 aromatic carbocycles. The van der Waals surface area contributed by atoms with Gasteiger partial charge in [-0.2, -0.15) is 0 Å². The second-order valence-electron chi connectivity index (χ2n) is 4.82. The smallest absolute Gasteiger partial charge is 0.335 e. The quantitative estimate of drug-likeness (QED) is 0.777. The molecule has 0 saturated heterocycles. The van der Waals surface area contributed by atoms with Gasteiger partial charge in [0.2, 0.25) is 0 Å². The molecule has 1 atom stereocenters. The van der Waals surface area contributed by atoms with Crippen molar-refractivity contribution in [3.63, 3.8) is 0 Å². The number of hydrogen-bond acceptors (Lipinski definition) is 4. The Balaban J connectivity index is 2.21. The van der Waals surface area contributed by atoms with Gasteiger partial charge in [-0.25, -0.2) is 14.6 Å². The van der Waals surface area contributed by atoms with E-state index in [0.29, 0.717) is 11.0 Å². The number of aromatic carboxylic acids is 1. The fourth-order valence-corrected chi connectivity index (χ4v) is 3.13. The fourth-order valence-electron chi connectivity index (χ4n) is 2.31. The number of nitrogens with one attached hydrogen (secondary N) is 1. The Morgan fingerprint density at radius 2 is 2.24 bits per heavy atom. The van der Waals surface area contributed by atoms with Gasteiger partial charge in [-0.3, -0.25) is 4.57 Å². The predicted octanol–water partition coefficient (Wildman–Crippen LogP) is 2.40. The van der Waals surface area contributed by atoms with Crippen molar-refractivity contribution < 1.29 is 9.90 Å². The van der Waals surface area contributed by atoms with E-state index in [9.17, 15) is 9.59 Å². The summed E-state index contributed by atoms with van der Waals surface area (Å²) < 4.78 is 1.54. The molecule has 6 nitrogen and oxygen atoms in total. The zero-order valence-electron chi connectivity index (χ0n) is 11.5. The van der Waals surface area contributed by atoms with Gasteiger partial charge in [0.1, 0.15) is 5.01 Å². The highest BCUT2D eigenvalue weighted by molar-refractivity contribution is 7.11. The molecule has 2 N–H and O–H groups in total. The van der Waals surface area contributed by atoms with Crippen LogP contribution in [0.15, 0.2) is 29.2 Å². The number of hydrogen-bond donors (Lipinski definition) is 2. The molecule has 0 amide bonds. The normalized spacial score (nSPS) is 12.7. The number of aromatic amines is 1. The summed E-state index contributed by atoms with van der Waals surface area (Å²) in [5.41, 5.74) is 1.07. The van der Waals surface area contributed by atoms with Crippen molar-refractivity contribution in [2.24, 2.45) is 0 Å². The highest BCUT2D eigenvalue weighted by atomic mass is 32.1. The summed E-state index contributed by atoms with van der Waals surface area (Å²) in [6.45, 7) is 3.83. The van der Waals surface area contributed by atoms with Crippen molar-refractivity contribution in [2.45, 2.75) is 19.9 Å². The van der Waals surface area contributed by atoms with Crippen LogP contribution in [0.5, 0.6) is 0 Å². The number of fused-ring (bicyclic) bond motifs is 1. The van der Waals surface area contributed by atoms with Crippen molar-refractivity contribution in [1.29, 1.82) is 0 Å². The van der Waals surface area contributed by atoms with Crippen molar-refractivity contribution in [1.82, 2.24) is 14.5 Å². The maximum Gasteiger partial charge on any atom is 0.335 e. The molecular weight excluding hydrogens is 290 g/mol. The number of benzene rings is 1. The molecule has 0 radical (unpaired) electrons. The van der Waals surface area contributed by atoms with E-state index in [-0.39, 0.29) is 17.3 Å². The molecule has 0 fully saturated rings. The largest absolute Gasteiger partial charge is 0.478 e. The van der Waals surface area contributed by atoms with E-state index in [4.69, 9.17) is 5.11 Å². The summed E-state index contributed by atoms with van der Waals surface area (Å²) in [7, 11) is 0. The molecule has 0 saturated carbocycles. The minimum Gasteiger partial charge on any atom is -0.478 e. The minimum absolute atomic E-state index is 0.151. The van der Waals surface area contributed by atoms with Crippen LogP contribution in [-0.4, -0.2) is 25.6 Å². The first-order valence-corrected chi connectivity index (χ1v) is 7.19. The third-order valence-electron chi connectivity index (χ3n) is 3.35. The first kappa shape index (κ1) is 13.6. The fraction of sp³-hybridized carbons (Fsp3) is 0.214. The Kier molecular flexibility index (Phi) is 3.13. The molecular formula is C14H13N3O3S. The standard InChI is InChI=1S/C14H13N3O3S/c1-7-6-15-12(21-7)8(2)17-11-5-9(13(18)19)3-4-10(11)16-14(17)20/h3-6,8H,1-2H3,(H,16,20)(H,18,19). The molecule has 0 spiro atoms. The molecule has 21 heavy (non-hydrogen) atoms. The Labute approximate surface area is 123 Å². The Bertz CT molecular complexity index is 890. The summed E-state index contributed by atoms with van der Waals surface area (Å²) in [5.74, 6) is -1.02. The SMILES string of the molecule is Cc1cnc(C(C)n2c(=O)[nH]c3ccc(C(=O)O)cc32)s1. The average molecular weight is 303 g/mol. The van der Waals surface area contributed by atoms with Gasteiger partial charge in [0.15, 0.2) is 0 Å². The molecule has 3 rings (SSSR count). The zero-order valence-corrected chi connectivity index (χ0v) is 12.3. The maximum atomic E-state index is 12.2. The lowest BCUT2D eigenvalue weighted by Gasteiger charge is -2.10. The van der Waals surface area contributed by atoms with Crippen LogP contribution >= 0.6 is 11.3 Å². The van der Waals surface area contributed by atoms with Crippen molar-refractivity contribution >= 4 is 28.3 Å². The van der Waals surface area contributed by atoms with E-state index in [0.717, 1.165) is 9.88 Å². The summed E-state index contributed by atoms with van der Waals surface area (Å²) in [4.78, 5) is 31.4. The number of rotatable bonds is 3. The topological polar surface area (TPSA) is 88.0 Å². The highest BCUT2D eigenvalue weighted by Crippen LogP contribution is 2.25. The van der Waals surface area contributed by atoms with Crippen LogP contribution in [-0.2, 0) is 0 Å². The molecule has 2 aromatic heterocycles. The van der Waals surface area contributed by atoms with Crippen LogP contribution in [0.3, 0.4) is 0 Å². The summed E-state index contributed by atoms with van der Waals surface area (Å²) >= 11 is 1.52. The highest BCUT2D eigenvalue weighted by Gasteiger charge is 2.18. The minimum atomic E-state index is -1.02. The van der Waals surface area contributed by atoms with Gasteiger partial charge in [0.05, 0.1) is 22.6 Å². The monoisotopic (exact) mass is 303 g/mol. The van der Waals surface area contributed by atoms with Gasteiger partial charge >= 0.3 is 11.7 Å². The molecule has 108 valence electrons. The van der Waals surface area contributed by atoms with E-state index in [2.05, 4.69) is 9.97 Å². The third kappa shape index (κ3) is 2.25. The molecule has 7 heteroatoms. The Morgan fingerprint density at radius 3 is 2.86 bits per heavy atom. The lowest BCUT2D eigenvalue weighted by Crippen LogP contribution is -2.21. The summed E-state index contributed by atoms with van der Waals surface area (Å²) in [5, 5.41) is 9.91. The van der Waals surface area contributed by atoms with Crippen molar-refractivity contribution in [3.8, 4) is 0 Å². The molecule has 0 aliphatic carbocycles. The molecule has 0 aliphatic rings. The lowest BCUT2D eigenvalue weighted by atomic mass is 10.2. The van der Waals surface area contributed by atoms with Gasteiger partial charge in [0, 0.05) is 11.1 Å². The van der Waals surface area contributed by atoms with Crippen molar-refractivity contribution in [2.75, 3.05) is 0 Å². The number of imidazole rings is 1. The van der Waals surface area contributed by atoms with Crippen LogP contribution in [0.25, 0.3) is 11.0 Å². The molecule has 1 unspecified atom stereocenters. The molecule has 2 heterocycles. The Morgan fingerprint density at radius 1 is 1.48 bits per heavy atom. The first-order valence-electron chi connectivity index (χ1n) is 6.37. The number of H-pyrrole nitrogens is 1. The van der Waals surface area contributed by atoms with Crippen LogP contribution in [0.2, 0.25) is 0 Å². The lowest BCUT2D eigenvalue weighted by molar-refractivity contribution is 0.0697. The van der Waals surface area contributed by atoms with Gasteiger partial charge in [-0.05, 0) is 32.0 Å². The third-order valence-corrected chi connectivity index (χ3v) is 4.43. The molecule has 0 bridgehead atoms. The van der Waals surface area contributed by atoms with E-state index < -0.39 is 5.97 Å². The number of nitrogens with zero attached hydrogens (tertiary/aromatic N) is 2. The van der Waals surface area contributed by atoms with Crippen molar-refractivity contribution in [3.05, 3.63) is 50.3 Å². The van der Waals surface area contributed by atoms with Gasteiger partial charge in [-0.15, -0.1) is 11.3 Å². The van der Waals surface area contributed by atoms with Crippen LogP contribution in [0.4, 0.5) is 0 Å². The predicted molar refractivity (Wildman–Crippen MR) is 80.2 cm³/mol. The second kappa shape index (κ2) is 4.85. The first-order chi connectivity index (χ1) is 9.97. The van der Waals surface area contributed by atoms with Crippen LogP contribution < -0.4 is 5.69 Å². The van der Waals surface area contributed by atoms with Crippen LogP contribution in [0.1, 0.15) is 33.2 Å². The number of aryl methyl sites for hydroxylation is 1. The Hall–Kier alpha value is -2.41. The molecule has 3 aromatic rings. The second-order valence-corrected chi connectivity index (χ2v) is 6.09. The van der Waals surface area contributed by atoms with Gasteiger partial charge in [0.25, 0.3) is 0 Å². The summed E-state index contributed by atoms with van der Waals surface area (Å²) in [6.07, 6.45) is 1.76. The number of carbonyl (C=O) groups is 1. The van der Waals surface area contributed by atoms with Crippen LogP contribution in [0, 0.1) is 6.92 Å². The van der Waals surface area contributed by atoms with E-state index in [1.54, 1.807) is 16.8 Å². The van der Waals surface area contributed by atoms with E-state index in [1.807, 2.05) is 13.8 Å². The summed E-state index contributed by atoms with van der Waals surface area (Å²) in [6, 6.07) is 4.33. The number of thiazole rings is 1. The number of carboxylic acid groups (broad SMARTS) is 1. The average Bonchev–Trinajstić information content (AvgIpc) is 3.00. The number of carboxylic acids is 1. The van der Waals surface area contributed by atoms with E-state index in [1.165, 1.54) is 23.5 Å². The zero-order chi connectivity index (χ0) is 15.1. The molecule has 0 aliphatic heterocycles. The van der Waals surface area contributed by atoms with Gasteiger partial charge < -0.3 is 10.1 Å². The van der Waals surface area contributed by atoms with Gasteiger partial charge in [-0.1, -0.05) is 0 Å². The van der Waals surface area contributed by atoms with E-state index >= 15 is 0 Å². The maximum absolute atomic E-state index is 12.2. The number of aromatic nitrogens is 3.